The fourth-order valence-electron chi connectivity index (χ4n) is 3.32. The summed E-state index contributed by atoms with van der Waals surface area (Å²) in [7, 11) is 0. The number of aromatic nitrogens is 5. The highest BCUT2D eigenvalue weighted by Crippen LogP contribution is 2.22. The molecule has 2 heterocycles. The molecule has 0 spiro atoms. The molecule has 2 aromatic heterocycles. The first-order valence-corrected chi connectivity index (χ1v) is 11.3. The van der Waals surface area contributed by atoms with Gasteiger partial charge >= 0.3 is 0 Å². The molecule has 32 heavy (non-hydrogen) atoms. The van der Waals surface area contributed by atoms with Crippen molar-refractivity contribution in [2.45, 2.75) is 59.2 Å². The molecule has 0 fully saturated rings. The summed E-state index contributed by atoms with van der Waals surface area (Å²) in [6.07, 6.45) is 3.73. The van der Waals surface area contributed by atoms with Crippen LogP contribution >= 0.6 is 0 Å². The Kier molecular flexibility index (Phi) is 8.98. The Morgan fingerprint density at radius 2 is 1.69 bits per heavy atom. The average Bonchev–Trinajstić information content (AvgIpc) is 3.37. The van der Waals surface area contributed by atoms with E-state index in [1.165, 1.54) is 0 Å². The monoisotopic (exact) mass is 433 g/mol. The highest BCUT2D eigenvalue weighted by atomic mass is 16.5. The Balaban J connectivity index is 0.00000141. The van der Waals surface area contributed by atoms with E-state index >= 15 is 0 Å². The van der Waals surface area contributed by atoms with E-state index in [4.69, 9.17) is 9.47 Å². The van der Waals surface area contributed by atoms with E-state index in [2.05, 4.69) is 44.7 Å². The van der Waals surface area contributed by atoms with E-state index in [-0.39, 0.29) is 6.10 Å². The van der Waals surface area contributed by atoms with Crippen LogP contribution < -0.4 is 9.47 Å². The molecule has 7 nitrogen and oxygen atoms in total. The molecule has 0 aliphatic rings. The van der Waals surface area contributed by atoms with Crippen LogP contribution in [0.25, 0.3) is 10.9 Å². The van der Waals surface area contributed by atoms with Gasteiger partial charge in [0.2, 0.25) is 0 Å². The van der Waals surface area contributed by atoms with Gasteiger partial charge in [-0.05, 0) is 49.2 Å². The first-order chi connectivity index (χ1) is 15.8. The molecule has 0 radical (unpaired) electrons. The van der Waals surface area contributed by atoms with Gasteiger partial charge in [-0.15, -0.1) is 10.2 Å². The van der Waals surface area contributed by atoms with Crippen molar-refractivity contribution in [3.63, 3.8) is 0 Å². The lowest BCUT2D eigenvalue weighted by Gasteiger charge is -2.18. The van der Waals surface area contributed by atoms with Crippen molar-refractivity contribution in [1.82, 2.24) is 25.6 Å². The molecule has 0 saturated heterocycles. The zero-order chi connectivity index (χ0) is 22.6. The molecule has 0 amide bonds. The van der Waals surface area contributed by atoms with Crippen LogP contribution in [0.3, 0.4) is 0 Å². The largest absolute Gasteiger partial charge is 0.490 e. The molecular formula is C25H31N5O2. The van der Waals surface area contributed by atoms with Gasteiger partial charge in [0.05, 0.1) is 17.3 Å². The Bertz CT molecular complexity index is 1050. The third kappa shape index (κ3) is 6.77. The lowest BCUT2D eigenvalue weighted by Crippen LogP contribution is -2.17. The second kappa shape index (κ2) is 12.4. The number of ether oxygens (including phenoxy) is 2. The first-order valence-electron chi connectivity index (χ1n) is 11.3. The molecule has 7 heteroatoms. The molecule has 2 aromatic carbocycles. The number of rotatable bonds is 10. The zero-order valence-corrected chi connectivity index (χ0v) is 19.0. The lowest BCUT2D eigenvalue weighted by atomic mass is 10.1. The summed E-state index contributed by atoms with van der Waals surface area (Å²) in [4.78, 5) is 4.64. The molecular weight excluding hydrogens is 402 g/mol. The van der Waals surface area contributed by atoms with Crippen molar-refractivity contribution in [3.05, 3.63) is 72.2 Å². The number of hydrogen-bond donors (Lipinski definition) is 1. The Hall–Kier alpha value is -3.48. The molecule has 168 valence electrons. The van der Waals surface area contributed by atoms with Gasteiger partial charge in [0.15, 0.2) is 5.82 Å². The normalized spacial score (nSPS) is 11.5. The van der Waals surface area contributed by atoms with E-state index in [0.717, 1.165) is 53.8 Å². The number of nitrogens with one attached hydrogen (secondary N) is 1. The topological polar surface area (TPSA) is 85.8 Å². The Morgan fingerprint density at radius 3 is 2.44 bits per heavy atom. The zero-order valence-electron chi connectivity index (χ0n) is 19.0. The van der Waals surface area contributed by atoms with Gasteiger partial charge in [0.1, 0.15) is 18.1 Å². The van der Waals surface area contributed by atoms with Gasteiger partial charge in [-0.2, -0.15) is 5.21 Å². The number of aromatic amines is 1. The summed E-state index contributed by atoms with van der Waals surface area (Å²) >= 11 is 0. The standard InChI is InChI=1S/C23H25N5O2.C2H6/c1-2-5-20(14-15-23-25-27-28-26-23)30-21-12-10-19(11-13-21)29-16-18-9-8-17-6-3-4-7-22(17)24-18;1-2/h3-4,6-13,20H,2,5,14-16H2,1H3,(H,25,26,27,28);1-2H3. The van der Waals surface area contributed by atoms with Gasteiger partial charge in [-0.25, -0.2) is 4.98 Å². The van der Waals surface area contributed by atoms with Crippen LogP contribution in [0.15, 0.2) is 60.7 Å². The molecule has 4 aromatic rings. The number of hydrogen-bond acceptors (Lipinski definition) is 6. The van der Waals surface area contributed by atoms with Crippen molar-refractivity contribution < 1.29 is 9.47 Å². The number of fused-ring (bicyclic) bond motifs is 1. The van der Waals surface area contributed by atoms with Gasteiger partial charge in [-0.3, -0.25) is 0 Å². The summed E-state index contributed by atoms with van der Waals surface area (Å²) in [5.74, 6) is 2.33. The van der Waals surface area contributed by atoms with Crippen LogP contribution in [0.2, 0.25) is 0 Å². The molecule has 1 atom stereocenters. The fraction of sp³-hybridized carbons (Fsp3) is 0.360. The minimum Gasteiger partial charge on any atom is -0.490 e. The van der Waals surface area contributed by atoms with E-state index in [0.29, 0.717) is 12.4 Å². The summed E-state index contributed by atoms with van der Waals surface area (Å²) in [5, 5.41) is 15.2. The van der Waals surface area contributed by atoms with Crippen molar-refractivity contribution in [3.8, 4) is 11.5 Å². The predicted octanol–water partition coefficient (Wildman–Crippen LogP) is 5.53. The van der Waals surface area contributed by atoms with Gasteiger partial charge in [0, 0.05) is 11.8 Å². The van der Waals surface area contributed by atoms with E-state index in [1.54, 1.807) is 0 Å². The van der Waals surface area contributed by atoms with Crippen molar-refractivity contribution in [2.24, 2.45) is 0 Å². The molecule has 0 bridgehead atoms. The molecule has 0 aliphatic heterocycles. The quantitative estimate of drug-likeness (QED) is 0.354. The van der Waals surface area contributed by atoms with Crippen LogP contribution in [0, 0.1) is 0 Å². The SMILES string of the molecule is CC.CCCC(CCc1nn[nH]n1)Oc1ccc(OCc2ccc3ccccc3n2)cc1. The second-order valence-electron chi connectivity index (χ2n) is 7.15. The van der Waals surface area contributed by atoms with Crippen LogP contribution in [0.5, 0.6) is 11.5 Å². The van der Waals surface area contributed by atoms with Crippen molar-refractivity contribution in [1.29, 1.82) is 0 Å². The van der Waals surface area contributed by atoms with Crippen LogP contribution in [0.1, 0.15) is 51.6 Å². The van der Waals surface area contributed by atoms with Gasteiger partial charge in [-0.1, -0.05) is 56.7 Å². The number of para-hydroxylation sites is 1. The summed E-state index contributed by atoms with van der Waals surface area (Å²) < 4.78 is 12.1. The molecule has 4 rings (SSSR count). The number of aryl methyl sites for hydroxylation is 1. The highest BCUT2D eigenvalue weighted by molar-refractivity contribution is 5.78. The number of pyridine rings is 1. The number of benzene rings is 2. The number of H-pyrrole nitrogens is 1. The smallest absolute Gasteiger partial charge is 0.174 e. The lowest BCUT2D eigenvalue weighted by molar-refractivity contribution is 0.179. The minimum atomic E-state index is 0.113. The van der Waals surface area contributed by atoms with E-state index in [1.807, 2.05) is 62.4 Å². The van der Waals surface area contributed by atoms with Crippen LogP contribution in [-0.4, -0.2) is 31.7 Å². The number of tetrazole rings is 1. The number of nitrogens with zero attached hydrogens (tertiary/aromatic N) is 4. The average molecular weight is 434 g/mol. The summed E-state index contributed by atoms with van der Waals surface area (Å²) in [6, 6.07) is 19.9. The summed E-state index contributed by atoms with van der Waals surface area (Å²) in [6.45, 7) is 6.58. The van der Waals surface area contributed by atoms with Crippen molar-refractivity contribution in [2.75, 3.05) is 0 Å². The van der Waals surface area contributed by atoms with Crippen LogP contribution in [0.4, 0.5) is 0 Å². The van der Waals surface area contributed by atoms with Gasteiger partial charge < -0.3 is 9.47 Å². The van der Waals surface area contributed by atoms with E-state index in [9.17, 15) is 0 Å². The van der Waals surface area contributed by atoms with Crippen molar-refractivity contribution >= 4 is 10.9 Å². The third-order valence-electron chi connectivity index (χ3n) is 4.86. The second-order valence-corrected chi connectivity index (χ2v) is 7.15. The Morgan fingerprint density at radius 1 is 0.906 bits per heavy atom. The maximum atomic E-state index is 6.17. The summed E-state index contributed by atoms with van der Waals surface area (Å²) in [5.41, 5.74) is 1.88. The van der Waals surface area contributed by atoms with Gasteiger partial charge in [0.25, 0.3) is 0 Å². The maximum absolute atomic E-state index is 6.17. The highest BCUT2D eigenvalue weighted by Gasteiger charge is 2.12. The minimum absolute atomic E-state index is 0.113. The van der Waals surface area contributed by atoms with Crippen LogP contribution in [-0.2, 0) is 13.0 Å². The fourth-order valence-corrected chi connectivity index (χ4v) is 3.32. The molecule has 1 unspecified atom stereocenters. The Labute approximate surface area is 189 Å². The predicted molar refractivity (Wildman–Crippen MR) is 126 cm³/mol. The first kappa shape index (κ1) is 23.2. The van der Waals surface area contributed by atoms with E-state index < -0.39 is 0 Å². The third-order valence-corrected chi connectivity index (χ3v) is 4.86. The molecule has 0 aliphatic carbocycles. The maximum Gasteiger partial charge on any atom is 0.174 e. The molecule has 1 N–H and O–H groups in total. The molecule has 0 saturated carbocycles.